The third-order valence-electron chi connectivity index (χ3n) is 0.923. The van der Waals surface area contributed by atoms with Gasteiger partial charge in [0.15, 0.2) is 6.04 Å². The number of hydrogen-bond donors (Lipinski definition) is 1. The molecule has 0 saturated heterocycles. The molecule has 0 heterocycles. The minimum atomic E-state index is -1.11. The van der Waals surface area contributed by atoms with Crippen molar-refractivity contribution in [2.45, 2.75) is 13.0 Å². The zero-order chi connectivity index (χ0) is 8.69. The fraction of sp³-hybridized carbons (Fsp3) is 0.800. The number of rotatable bonds is 4. The summed E-state index contributed by atoms with van der Waals surface area (Å²) in [5.41, 5.74) is 7.92. The highest BCUT2D eigenvalue weighted by molar-refractivity contribution is 5.76. The SMILES string of the molecule is CCOC(=O)[C@H](CO)N=[N+]=[N-]. The van der Waals surface area contributed by atoms with Gasteiger partial charge in [0.25, 0.3) is 0 Å². The van der Waals surface area contributed by atoms with Crippen molar-refractivity contribution in [3.63, 3.8) is 0 Å². The van der Waals surface area contributed by atoms with E-state index in [1.165, 1.54) is 0 Å². The van der Waals surface area contributed by atoms with Crippen LogP contribution in [-0.2, 0) is 9.53 Å². The number of hydrogen-bond acceptors (Lipinski definition) is 4. The van der Waals surface area contributed by atoms with Crippen molar-refractivity contribution in [3.05, 3.63) is 10.4 Å². The van der Waals surface area contributed by atoms with Gasteiger partial charge < -0.3 is 9.84 Å². The molecule has 0 amide bonds. The second-order valence-electron chi connectivity index (χ2n) is 1.66. The minimum Gasteiger partial charge on any atom is -0.466 e. The summed E-state index contributed by atoms with van der Waals surface area (Å²) >= 11 is 0. The van der Waals surface area contributed by atoms with E-state index in [9.17, 15) is 4.79 Å². The lowest BCUT2D eigenvalue weighted by Gasteiger charge is -2.05. The van der Waals surface area contributed by atoms with Gasteiger partial charge >= 0.3 is 5.97 Å². The van der Waals surface area contributed by atoms with E-state index < -0.39 is 18.6 Å². The van der Waals surface area contributed by atoms with Crippen LogP contribution in [0.1, 0.15) is 6.92 Å². The van der Waals surface area contributed by atoms with Crippen molar-refractivity contribution in [2.75, 3.05) is 13.2 Å². The van der Waals surface area contributed by atoms with Crippen molar-refractivity contribution in [2.24, 2.45) is 5.11 Å². The third-order valence-corrected chi connectivity index (χ3v) is 0.923. The molecule has 0 aromatic heterocycles. The molecule has 1 atom stereocenters. The molecule has 0 saturated carbocycles. The monoisotopic (exact) mass is 159 g/mol. The maximum atomic E-state index is 10.7. The van der Waals surface area contributed by atoms with Gasteiger partial charge in [0.2, 0.25) is 0 Å². The Morgan fingerprint density at radius 2 is 2.55 bits per heavy atom. The minimum absolute atomic E-state index is 0.205. The molecule has 0 unspecified atom stereocenters. The lowest BCUT2D eigenvalue weighted by Crippen LogP contribution is -2.24. The Hall–Kier alpha value is -1.26. The van der Waals surface area contributed by atoms with Crippen LogP contribution in [-0.4, -0.2) is 30.3 Å². The maximum absolute atomic E-state index is 10.7. The van der Waals surface area contributed by atoms with Gasteiger partial charge in [-0.3, -0.25) is 4.79 Å². The Bertz CT molecular complexity index is 176. The molecular weight excluding hydrogens is 150 g/mol. The van der Waals surface area contributed by atoms with Crippen LogP contribution in [0.2, 0.25) is 0 Å². The van der Waals surface area contributed by atoms with Gasteiger partial charge in [-0.05, 0) is 12.5 Å². The zero-order valence-electron chi connectivity index (χ0n) is 6.10. The van der Waals surface area contributed by atoms with Gasteiger partial charge in [-0.25, -0.2) is 0 Å². The van der Waals surface area contributed by atoms with Gasteiger partial charge in [-0.1, -0.05) is 5.11 Å². The maximum Gasteiger partial charge on any atom is 0.317 e. The van der Waals surface area contributed by atoms with E-state index in [4.69, 9.17) is 10.6 Å². The molecule has 1 N–H and O–H groups in total. The Labute approximate surface area is 63.4 Å². The summed E-state index contributed by atoms with van der Waals surface area (Å²) in [5.74, 6) is -0.701. The van der Waals surface area contributed by atoms with Crippen LogP contribution in [0.4, 0.5) is 0 Å². The number of aliphatic hydroxyl groups is 1. The predicted molar refractivity (Wildman–Crippen MR) is 36.7 cm³/mol. The van der Waals surface area contributed by atoms with E-state index >= 15 is 0 Å². The fourth-order valence-corrected chi connectivity index (χ4v) is 0.459. The van der Waals surface area contributed by atoms with Crippen molar-refractivity contribution in [1.29, 1.82) is 0 Å². The Kier molecular flexibility index (Phi) is 4.89. The lowest BCUT2D eigenvalue weighted by atomic mass is 10.3. The summed E-state index contributed by atoms with van der Waals surface area (Å²) < 4.78 is 4.48. The van der Waals surface area contributed by atoms with Gasteiger partial charge in [-0.15, -0.1) is 0 Å². The average Bonchev–Trinajstić information content (AvgIpc) is 2.00. The molecule has 0 aliphatic rings. The molecule has 0 aliphatic carbocycles. The summed E-state index contributed by atoms with van der Waals surface area (Å²) in [4.78, 5) is 13.1. The number of nitrogens with zero attached hydrogens (tertiary/aromatic N) is 3. The highest BCUT2D eigenvalue weighted by Gasteiger charge is 2.15. The summed E-state index contributed by atoms with van der Waals surface area (Å²) in [5, 5.41) is 11.5. The predicted octanol–water partition coefficient (Wildman–Crippen LogP) is 0.221. The molecule has 0 fully saturated rings. The summed E-state index contributed by atoms with van der Waals surface area (Å²) in [7, 11) is 0. The molecule has 0 rings (SSSR count). The van der Waals surface area contributed by atoms with Gasteiger partial charge in [0.1, 0.15) is 0 Å². The van der Waals surface area contributed by atoms with Crippen LogP contribution in [0, 0.1) is 0 Å². The zero-order valence-corrected chi connectivity index (χ0v) is 6.10. The topological polar surface area (TPSA) is 95.3 Å². The van der Waals surface area contributed by atoms with E-state index in [-0.39, 0.29) is 6.61 Å². The molecule has 6 nitrogen and oxygen atoms in total. The van der Waals surface area contributed by atoms with Gasteiger partial charge in [0.05, 0.1) is 13.2 Å². The first-order chi connectivity index (χ1) is 5.26. The normalized spacial score (nSPS) is 11.5. The smallest absolute Gasteiger partial charge is 0.317 e. The van der Waals surface area contributed by atoms with E-state index in [1.807, 2.05) is 0 Å². The number of azide groups is 1. The summed E-state index contributed by atoms with van der Waals surface area (Å²) in [6.07, 6.45) is 0. The third kappa shape index (κ3) is 3.44. The van der Waals surface area contributed by atoms with Crippen molar-refractivity contribution >= 4 is 5.97 Å². The van der Waals surface area contributed by atoms with Gasteiger partial charge in [0, 0.05) is 4.91 Å². The molecule has 0 aromatic rings. The average molecular weight is 159 g/mol. The van der Waals surface area contributed by atoms with Gasteiger partial charge in [-0.2, -0.15) is 0 Å². The molecule has 11 heavy (non-hydrogen) atoms. The molecule has 0 aromatic carbocycles. The standard InChI is InChI=1S/C5H9N3O3/c1-2-11-5(10)4(3-9)7-8-6/h4,9H,2-3H2,1H3/t4-/m0/s1. The molecule has 62 valence electrons. The molecule has 0 bridgehead atoms. The summed E-state index contributed by atoms with van der Waals surface area (Å²) in [6, 6.07) is -1.11. The molecule has 0 radical (unpaired) electrons. The van der Waals surface area contributed by atoms with Crippen LogP contribution in [0.15, 0.2) is 5.11 Å². The van der Waals surface area contributed by atoms with Crippen LogP contribution in [0.25, 0.3) is 10.4 Å². The Morgan fingerprint density at radius 3 is 2.91 bits per heavy atom. The van der Waals surface area contributed by atoms with E-state index in [0.717, 1.165) is 0 Å². The van der Waals surface area contributed by atoms with Crippen LogP contribution in [0.3, 0.4) is 0 Å². The Morgan fingerprint density at radius 1 is 1.91 bits per heavy atom. The first-order valence-corrected chi connectivity index (χ1v) is 3.08. The number of aliphatic hydroxyl groups excluding tert-OH is 1. The van der Waals surface area contributed by atoms with E-state index in [0.29, 0.717) is 0 Å². The number of carbonyl (C=O) groups excluding carboxylic acids is 1. The summed E-state index contributed by atoms with van der Waals surface area (Å²) in [6.45, 7) is 1.31. The number of esters is 1. The van der Waals surface area contributed by atoms with E-state index in [2.05, 4.69) is 14.8 Å². The van der Waals surface area contributed by atoms with Crippen LogP contribution >= 0.6 is 0 Å². The van der Waals surface area contributed by atoms with Crippen LogP contribution in [0.5, 0.6) is 0 Å². The van der Waals surface area contributed by atoms with E-state index in [1.54, 1.807) is 6.92 Å². The number of carbonyl (C=O) groups is 1. The molecule has 0 aliphatic heterocycles. The second kappa shape index (κ2) is 5.52. The van der Waals surface area contributed by atoms with Crippen molar-refractivity contribution < 1.29 is 14.6 Å². The van der Waals surface area contributed by atoms with Crippen molar-refractivity contribution in [3.8, 4) is 0 Å². The highest BCUT2D eigenvalue weighted by atomic mass is 16.5. The Balaban J connectivity index is 4.02. The molecule has 6 heteroatoms. The largest absolute Gasteiger partial charge is 0.466 e. The quantitative estimate of drug-likeness (QED) is 0.275. The number of ether oxygens (including phenoxy) is 1. The molecule has 0 spiro atoms. The highest BCUT2D eigenvalue weighted by Crippen LogP contribution is 1.93. The second-order valence-corrected chi connectivity index (χ2v) is 1.66. The fourth-order valence-electron chi connectivity index (χ4n) is 0.459. The van der Waals surface area contributed by atoms with Crippen molar-refractivity contribution in [1.82, 2.24) is 0 Å². The first-order valence-electron chi connectivity index (χ1n) is 3.08. The first kappa shape index (κ1) is 9.74. The lowest BCUT2D eigenvalue weighted by molar-refractivity contribution is -0.145. The molecular formula is C5H9N3O3. The van der Waals surface area contributed by atoms with Crippen LogP contribution < -0.4 is 0 Å².